The molecular formula is C38H38F6N2O3. The lowest BCUT2D eigenvalue weighted by molar-refractivity contribution is -0.143. The summed E-state index contributed by atoms with van der Waals surface area (Å²) in [4.78, 5) is 17.0. The predicted octanol–water partition coefficient (Wildman–Crippen LogP) is 9.23. The fraction of sp³-hybridized carbons (Fsp3) is 0.342. The van der Waals surface area contributed by atoms with Gasteiger partial charge in [-0.25, -0.2) is 0 Å². The van der Waals surface area contributed by atoms with E-state index >= 15 is 0 Å². The Morgan fingerprint density at radius 1 is 0.878 bits per heavy atom. The summed E-state index contributed by atoms with van der Waals surface area (Å²) in [6.45, 7) is 2.93. The fourth-order valence-electron chi connectivity index (χ4n) is 6.55. The Morgan fingerprint density at radius 2 is 1.43 bits per heavy atom. The fourth-order valence-corrected chi connectivity index (χ4v) is 6.55. The molecule has 0 radical (unpaired) electrons. The van der Waals surface area contributed by atoms with Crippen LogP contribution in [0.3, 0.4) is 0 Å². The largest absolute Gasteiger partial charge is 0.494 e. The number of benzene rings is 4. The molecule has 1 N–H and O–H groups in total. The quantitative estimate of drug-likeness (QED) is 0.179. The number of carbonyl (C=O) groups is 1. The van der Waals surface area contributed by atoms with Crippen molar-refractivity contribution in [1.29, 1.82) is 0 Å². The lowest BCUT2D eigenvalue weighted by atomic mass is 9.84. The van der Waals surface area contributed by atoms with Gasteiger partial charge in [-0.1, -0.05) is 67.6 Å². The Hall–Kier alpha value is -4.51. The minimum absolute atomic E-state index is 0.0360. The summed E-state index contributed by atoms with van der Waals surface area (Å²) in [5.41, 5.74) is -1.51. The van der Waals surface area contributed by atoms with Crippen LogP contribution in [0.1, 0.15) is 70.3 Å². The number of methoxy groups -OCH3 is 1. The maximum Gasteiger partial charge on any atom is 0.416 e. The van der Waals surface area contributed by atoms with E-state index in [0.29, 0.717) is 67.9 Å². The van der Waals surface area contributed by atoms with Crippen molar-refractivity contribution in [2.75, 3.05) is 37.0 Å². The first-order valence-corrected chi connectivity index (χ1v) is 16.0. The summed E-state index contributed by atoms with van der Waals surface area (Å²) in [5.74, 6) is -0.483. The molecule has 5 rings (SSSR count). The summed E-state index contributed by atoms with van der Waals surface area (Å²) in [6.07, 6.45) is -8.29. The van der Waals surface area contributed by atoms with Gasteiger partial charge < -0.3 is 19.6 Å². The maximum atomic E-state index is 14.2. The normalized spacial score (nSPS) is 15.5. The van der Waals surface area contributed by atoms with Gasteiger partial charge in [0.1, 0.15) is 5.75 Å². The van der Waals surface area contributed by atoms with Crippen LogP contribution in [-0.4, -0.2) is 38.3 Å². The van der Waals surface area contributed by atoms with E-state index in [9.17, 15) is 36.2 Å². The molecule has 49 heavy (non-hydrogen) atoms. The molecule has 1 amide bonds. The first-order chi connectivity index (χ1) is 23.2. The van der Waals surface area contributed by atoms with Crippen LogP contribution in [0.25, 0.3) is 0 Å². The van der Waals surface area contributed by atoms with Crippen LogP contribution >= 0.6 is 0 Å². The highest BCUT2D eigenvalue weighted by atomic mass is 19.4. The average Bonchev–Trinajstić information content (AvgIpc) is 3.09. The van der Waals surface area contributed by atoms with E-state index in [1.807, 2.05) is 67.6 Å². The third-order valence-corrected chi connectivity index (χ3v) is 9.40. The molecule has 1 heterocycles. The van der Waals surface area contributed by atoms with Crippen molar-refractivity contribution < 1.29 is 41.0 Å². The minimum atomic E-state index is -5.07. The van der Waals surface area contributed by atoms with Crippen LogP contribution in [0.2, 0.25) is 0 Å². The molecule has 260 valence electrons. The average molecular weight is 685 g/mol. The molecule has 1 fully saturated rings. The zero-order chi connectivity index (χ0) is 35.6. The second kappa shape index (κ2) is 14.2. The molecular weight excluding hydrogens is 646 g/mol. The first kappa shape index (κ1) is 35.8. The Labute approximate surface area is 281 Å². The number of piperidine rings is 1. The highest BCUT2D eigenvalue weighted by molar-refractivity contribution is 6.07. The van der Waals surface area contributed by atoms with E-state index in [1.165, 1.54) is 7.11 Å². The molecule has 0 saturated carbocycles. The van der Waals surface area contributed by atoms with Crippen LogP contribution in [0.4, 0.5) is 37.7 Å². The van der Waals surface area contributed by atoms with Gasteiger partial charge in [-0.05, 0) is 73.1 Å². The Morgan fingerprint density at radius 3 is 1.94 bits per heavy atom. The number of alkyl halides is 6. The van der Waals surface area contributed by atoms with Gasteiger partial charge in [-0.2, -0.15) is 26.3 Å². The number of amides is 1. The van der Waals surface area contributed by atoms with Crippen molar-refractivity contribution in [2.24, 2.45) is 0 Å². The molecule has 1 atom stereocenters. The van der Waals surface area contributed by atoms with Gasteiger partial charge in [-0.3, -0.25) is 4.79 Å². The second-order valence-corrected chi connectivity index (χ2v) is 12.4. The first-order valence-electron chi connectivity index (χ1n) is 16.0. The summed E-state index contributed by atoms with van der Waals surface area (Å²) in [6, 6.07) is 23.4. The van der Waals surface area contributed by atoms with Crippen molar-refractivity contribution in [3.05, 3.63) is 124 Å². The van der Waals surface area contributed by atoms with E-state index in [2.05, 4.69) is 4.90 Å². The van der Waals surface area contributed by atoms with E-state index < -0.39 is 40.7 Å². The topological polar surface area (TPSA) is 53.0 Å². The number of halogens is 6. The van der Waals surface area contributed by atoms with Gasteiger partial charge in [0, 0.05) is 37.0 Å². The summed E-state index contributed by atoms with van der Waals surface area (Å²) >= 11 is 0. The van der Waals surface area contributed by atoms with Gasteiger partial charge in [0.2, 0.25) is 0 Å². The number of ether oxygens (including phenoxy) is 1. The molecule has 4 aromatic carbocycles. The number of anilines is 2. The highest BCUT2D eigenvalue weighted by Crippen LogP contribution is 2.43. The number of nitrogens with zero attached hydrogens (tertiary/aromatic N) is 2. The number of aliphatic hydroxyl groups is 1. The van der Waals surface area contributed by atoms with Crippen LogP contribution in [-0.2, 0) is 24.4 Å². The monoisotopic (exact) mass is 684 g/mol. The summed E-state index contributed by atoms with van der Waals surface area (Å²) in [7, 11) is 2.63. The molecule has 0 bridgehead atoms. The Balaban J connectivity index is 1.57. The van der Waals surface area contributed by atoms with Gasteiger partial charge in [0.25, 0.3) is 5.91 Å². The third-order valence-electron chi connectivity index (χ3n) is 9.40. The highest BCUT2D eigenvalue weighted by Gasteiger charge is 2.39. The standard InChI is InChI=1S/C38H38F6N2O3/c1-4-25(26-11-7-5-8-12-26)21-32-31(35(47)45(2)30-23-28(37(39,40)41)22-29(24-30)38(42,43)44)15-16-33(34(32)49-3)46-19-17-36(48,18-20-46)27-13-9-6-10-14-27/h5-16,22-25,48H,4,17-21H2,1-3H3. The lowest BCUT2D eigenvalue weighted by Gasteiger charge is -2.40. The van der Waals surface area contributed by atoms with Gasteiger partial charge in [0.15, 0.2) is 0 Å². The Kier molecular flexibility index (Phi) is 10.3. The SMILES string of the molecule is CCC(Cc1c(C(=O)N(C)c2cc(C(F)(F)F)cc(C(F)(F)F)c2)ccc(N2CCC(O)(c3ccccc3)CC2)c1OC)c1ccccc1. The molecule has 4 aromatic rings. The van der Waals surface area contributed by atoms with E-state index in [4.69, 9.17) is 4.74 Å². The van der Waals surface area contributed by atoms with Crippen molar-refractivity contribution in [3.63, 3.8) is 0 Å². The van der Waals surface area contributed by atoms with Crippen molar-refractivity contribution in [3.8, 4) is 5.75 Å². The summed E-state index contributed by atoms with van der Waals surface area (Å²) < 4.78 is 88.1. The number of carbonyl (C=O) groups excluding carboxylic acids is 1. The second-order valence-electron chi connectivity index (χ2n) is 12.4. The van der Waals surface area contributed by atoms with Crippen LogP contribution < -0.4 is 14.5 Å². The molecule has 5 nitrogen and oxygen atoms in total. The number of hydrogen-bond donors (Lipinski definition) is 1. The van der Waals surface area contributed by atoms with Crippen molar-refractivity contribution in [1.82, 2.24) is 0 Å². The molecule has 1 aliphatic heterocycles. The van der Waals surface area contributed by atoms with Crippen molar-refractivity contribution in [2.45, 2.75) is 56.5 Å². The Bertz CT molecular complexity index is 1720. The van der Waals surface area contributed by atoms with Crippen LogP contribution in [0.5, 0.6) is 5.75 Å². The molecule has 11 heteroatoms. The molecule has 1 saturated heterocycles. The molecule has 0 spiro atoms. The minimum Gasteiger partial charge on any atom is -0.494 e. The molecule has 0 aliphatic carbocycles. The van der Waals surface area contributed by atoms with Crippen LogP contribution in [0, 0.1) is 0 Å². The summed E-state index contributed by atoms with van der Waals surface area (Å²) in [5, 5.41) is 11.4. The molecule has 1 aliphatic rings. The van der Waals surface area contributed by atoms with E-state index in [1.54, 1.807) is 12.1 Å². The van der Waals surface area contributed by atoms with Crippen LogP contribution in [0.15, 0.2) is 91.0 Å². The van der Waals surface area contributed by atoms with Gasteiger partial charge >= 0.3 is 12.4 Å². The number of hydrogen-bond acceptors (Lipinski definition) is 4. The molecule has 0 aromatic heterocycles. The lowest BCUT2D eigenvalue weighted by Crippen LogP contribution is -2.42. The van der Waals surface area contributed by atoms with Gasteiger partial charge in [0.05, 0.1) is 29.5 Å². The molecule has 1 unspecified atom stereocenters. The zero-order valence-corrected chi connectivity index (χ0v) is 27.4. The maximum absolute atomic E-state index is 14.2. The van der Waals surface area contributed by atoms with E-state index in [-0.39, 0.29) is 17.5 Å². The number of rotatable bonds is 9. The van der Waals surface area contributed by atoms with Crippen molar-refractivity contribution >= 4 is 17.3 Å². The third kappa shape index (κ3) is 7.72. The van der Waals surface area contributed by atoms with E-state index in [0.717, 1.165) is 23.1 Å². The van der Waals surface area contributed by atoms with Gasteiger partial charge in [-0.15, -0.1) is 0 Å². The smallest absolute Gasteiger partial charge is 0.416 e. The zero-order valence-electron chi connectivity index (χ0n) is 27.4. The predicted molar refractivity (Wildman–Crippen MR) is 177 cm³/mol.